The summed E-state index contributed by atoms with van der Waals surface area (Å²) in [7, 11) is 0. The zero-order valence-corrected chi connectivity index (χ0v) is 10.1. The minimum absolute atomic E-state index is 0.339. The van der Waals surface area contributed by atoms with Gasteiger partial charge in [0, 0.05) is 6.20 Å². The number of aryl methyl sites for hydroxylation is 1. The first kappa shape index (κ1) is 11.9. The van der Waals surface area contributed by atoms with Crippen molar-refractivity contribution < 1.29 is 4.39 Å². The van der Waals surface area contributed by atoms with E-state index in [0.29, 0.717) is 17.3 Å². The molecule has 1 N–H and O–H groups in total. The molecular formula is C13H12ClFN2. The SMILES string of the molecule is Cc1ccc(CNc2ccc(F)cc2Cl)nc1. The van der Waals surface area contributed by atoms with Crippen LogP contribution in [0.15, 0.2) is 36.5 Å². The highest BCUT2D eigenvalue weighted by atomic mass is 35.5. The number of nitrogens with zero attached hydrogens (tertiary/aromatic N) is 1. The van der Waals surface area contributed by atoms with Crippen LogP contribution < -0.4 is 5.32 Å². The molecule has 0 atom stereocenters. The van der Waals surface area contributed by atoms with E-state index in [0.717, 1.165) is 11.3 Å². The Bertz CT molecular complexity index is 511. The third kappa shape index (κ3) is 3.17. The van der Waals surface area contributed by atoms with Crippen molar-refractivity contribution in [3.63, 3.8) is 0 Å². The molecule has 88 valence electrons. The second kappa shape index (κ2) is 5.15. The number of halogens is 2. The Morgan fingerprint density at radius 2 is 2.12 bits per heavy atom. The molecule has 1 aromatic heterocycles. The van der Waals surface area contributed by atoms with Crippen molar-refractivity contribution in [2.24, 2.45) is 0 Å². The Morgan fingerprint density at radius 3 is 2.76 bits per heavy atom. The van der Waals surface area contributed by atoms with Crippen molar-refractivity contribution in [1.29, 1.82) is 0 Å². The van der Waals surface area contributed by atoms with Crippen LogP contribution in [0.4, 0.5) is 10.1 Å². The van der Waals surface area contributed by atoms with Gasteiger partial charge in [0.1, 0.15) is 5.82 Å². The highest BCUT2D eigenvalue weighted by Gasteiger charge is 2.01. The highest BCUT2D eigenvalue weighted by molar-refractivity contribution is 6.33. The largest absolute Gasteiger partial charge is 0.378 e. The number of hydrogen-bond acceptors (Lipinski definition) is 2. The number of rotatable bonds is 3. The van der Waals surface area contributed by atoms with Crippen LogP contribution in [0.25, 0.3) is 0 Å². The van der Waals surface area contributed by atoms with E-state index in [9.17, 15) is 4.39 Å². The first-order valence-corrected chi connectivity index (χ1v) is 5.63. The molecule has 1 aromatic carbocycles. The molecule has 2 nitrogen and oxygen atoms in total. The van der Waals surface area contributed by atoms with Gasteiger partial charge in [-0.1, -0.05) is 17.7 Å². The Hall–Kier alpha value is -1.61. The highest BCUT2D eigenvalue weighted by Crippen LogP contribution is 2.22. The molecule has 0 unspecified atom stereocenters. The van der Waals surface area contributed by atoms with E-state index in [1.807, 2.05) is 25.3 Å². The van der Waals surface area contributed by atoms with E-state index in [4.69, 9.17) is 11.6 Å². The summed E-state index contributed by atoms with van der Waals surface area (Å²) in [5.41, 5.74) is 2.74. The summed E-state index contributed by atoms with van der Waals surface area (Å²) in [6.45, 7) is 2.55. The molecule has 0 saturated carbocycles. The molecule has 0 fully saturated rings. The summed E-state index contributed by atoms with van der Waals surface area (Å²) in [5, 5.41) is 3.49. The van der Waals surface area contributed by atoms with Crippen LogP contribution in [0.1, 0.15) is 11.3 Å². The Labute approximate surface area is 104 Å². The molecule has 2 rings (SSSR count). The third-order valence-electron chi connectivity index (χ3n) is 2.36. The molecule has 0 aliphatic heterocycles. The molecule has 2 aromatic rings. The van der Waals surface area contributed by atoms with Gasteiger partial charge in [0.05, 0.1) is 22.9 Å². The molecule has 0 saturated heterocycles. The van der Waals surface area contributed by atoms with Crippen LogP contribution in [-0.2, 0) is 6.54 Å². The second-order valence-electron chi connectivity index (χ2n) is 3.80. The number of anilines is 1. The fourth-order valence-electron chi connectivity index (χ4n) is 1.42. The lowest BCUT2D eigenvalue weighted by Gasteiger charge is -2.08. The molecule has 1 heterocycles. The van der Waals surface area contributed by atoms with Crippen molar-refractivity contribution in [1.82, 2.24) is 4.98 Å². The van der Waals surface area contributed by atoms with Gasteiger partial charge in [-0.25, -0.2) is 4.39 Å². The molecule has 0 radical (unpaired) electrons. The molecule has 0 aliphatic rings. The first-order valence-electron chi connectivity index (χ1n) is 5.25. The van der Waals surface area contributed by atoms with E-state index in [-0.39, 0.29) is 5.82 Å². The zero-order chi connectivity index (χ0) is 12.3. The van der Waals surface area contributed by atoms with Crippen molar-refractivity contribution in [3.8, 4) is 0 Å². The van der Waals surface area contributed by atoms with Gasteiger partial charge in [-0.2, -0.15) is 0 Å². The minimum atomic E-state index is -0.339. The summed E-state index contributed by atoms with van der Waals surface area (Å²) in [6.07, 6.45) is 1.81. The molecule has 4 heteroatoms. The maximum Gasteiger partial charge on any atom is 0.124 e. The van der Waals surface area contributed by atoms with Crippen molar-refractivity contribution in [3.05, 3.63) is 58.6 Å². The lowest BCUT2D eigenvalue weighted by molar-refractivity contribution is 0.628. The van der Waals surface area contributed by atoms with Crippen LogP contribution >= 0.6 is 11.6 Å². The quantitative estimate of drug-likeness (QED) is 0.896. The van der Waals surface area contributed by atoms with Crippen molar-refractivity contribution in [2.45, 2.75) is 13.5 Å². The molecule has 17 heavy (non-hydrogen) atoms. The average Bonchev–Trinajstić information content (AvgIpc) is 2.30. The van der Waals surface area contributed by atoms with Crippen molar-refractivity contribution in [2.75, 3.05) is 5.32 Å². The Morgan fingerprint density at radius 1 is 1.29 bits per heavy atom. The molecule has 0 bridgehead atoms. The lowest BCUT2D eigenvalue weighted by Crippen LogP contribution is -2.02. The zero-order valence-electron chi connectivity index (χ0n) is 9.37. The summed E-state index contributed by atoms with van der Waals surface area (Å²) in [4.78, 5) is 4.26. The predicted octanol–water partition coefficient (Wildman–Crippen LogP) is 3.79. The number of aromatic nitrogens is 1. The van der Waals surface area contributed by atoms with E-state index >= 15 is 0 Å². The minimum Gasteiger partial charge on any atom is -0.378 e. The fraction of sp³-hybridized carbons (Fsp3) is 0.154. The molecule has 0 spiro atoms. The average molecular weight is 251 g/mol. The summed E-state index contributed by atoms with van der Waals surface area (Å²) in [5.74, 6) is -0.339. The van der Waals surface area contributed by atoms with Crippen molar-refractivity contribution >= 4 is 17.3 Å². The van der Waals surface area contributed by atoms with Gasteiger partial charge < -0.3 is 5.32 Å². The maximum absolute atomic E-state index is 12.8. The van der Waals surface area contributed by atoms with Crippen LogP contribution in [0.3, 0.4) is 0 Å². The summed E-state index contributed by atoms with van der Waals surface area (Å²) >= 11 is 5.90. The number of pyridine rings is 1. The number of benzene rings is 1. The van der Waals surface area contributed by atoms with Crippen LogP contribution in [0, 0.1) is 12.7 Å². The predicted molar refractivity (Wildman–Crippen MR) is 67.7 cm³/mol. The van der Waals surface area contributed by atoms with E-state index < -0.39 is 0 Å². The Kier molecular flexibility index (Phi) is 3.59. The standard InChI is InChI=1S/C13H12ClFN2/c1-9-2-4-11(16-7-9)8-17-13-5-3-10(15)6-12(13)14/h2-7,17H,8H2,1H3. The molecule has 0 amide bonds. The van der Waals surface area contributed by atoms with E-state index in [1.165, 1.54) is 12.1 Å². The van der Waals surface area contributed by atoms with E-state index in [1.54, 1.807) is 6.07 Å². The number of hydrogen-bond donors (Lipinski definition) is 1. The topological polar surface area (TPSA) is 24.9 Å². The third-order valence-corrected chi connectivity index (χ3v) is 2.68. The van der Waals surface area contributed by atoms with Gasteiger partial charge in [-0.3, -0.25) is 4.98 Å². The van der Waals surface area contributed by atoms with Gasteiger partial charge in [-0.05, 0) is 36.8 Å². The van der Waals surface area contributed by atoms with Crippen LogP contribution in [0.5, 0.6) is 0 Å². The van der Waals surface area contributed by atoms with E-state index in [2.05, 4.69) is 10.3 Å². The normalized spacial score (nSPS) is 10.3. The number of nitrogens with one attached hydrogen (secondary N) is 1. The van der Waals surface area contributed by atoms with Gasteiger partial charge in [0.25, 0.3) is 0 Å². The second-order valence-corrected chi connectivity index (χ2v) is 4.21. The summed E-state index contributed by atoms with van der Waals surface area (Å²) < 4.78 is 12.8. The van der Waals surface area contributed by atoms with Crippen LogP contribution in [0.2, 0.25) is 5.02 Å². The van der Waals surface area contributed by atoms with Gasteiger partial charge in [-0.15, -0.1) is 0 Å². The maximum atomic E-state index is 12.8. The smallest absolute Gasteiger partial charge is 0.124 e. The first-order chi connectivity index (χ1) is 8.15. The monoisotopic (exact) mass is 250 g/mol. The van der Waals surface area contributed by atoms with Gasteiger partial charge >= 0.3 is 0 Å². The summed E-state index contributed by atoms with van der Waals surface area (Å²) in [6, 6.07) is 8.21. The molecule has 0 aliphatic carbocycles. The van der Waals surface area contributed by atoms with Crippen LogP contribution in [-0.4, -0.2) is 4.98 Å². The molecular weight excluding hydrogens is 239 g/mol. The lowest BCUT2D eigenvalue weighted by atomic mass is 10.2. The van der Waals surface area contributed by atoms with Gasteiger partial charge in [0.15, 0.2) is 0 Å². The fourth-order valence-corrected chi connectivity index (χ4v) is 1.66. The Balaban J connectivity index is 2.04. The van der Waals surface area contributed by atoms with Gasteiger partial charge in [0.2, 0.25) is 0 Å².